The molecule has 0 aliphatic heterocycles. The number of carboxylic acid groups (broad SMARTS) is 1. The highest BCUT2D eigenvalue weighted by molar-refractivity contribution is 7.09. The van der Waals surface area contributed by atoms with Gasteiger partial charge in [-0.3, -0.25) is 4.79 Å². The number of aromatic carboxylic acids is 1. The van der Waals surface area contributed by atoms with Crippen molar-refractivity contribution in [2.24, 2.45) is 5.73 Å². The topological polar surface area (TPSA) is 118 Å². The van der Waals surface area contributed by atoms with Crippen LogP contribution in [0.15, 0.2) is 21.9 Å². The molecule has 106 valence electrons. The number of carbonyl (C=O) groups excluding carboxylic acids is 1. The Morgan fingerprint density at radius 3 is 2.85 bits per heavy atom. The quantitative estimate of drug-likeness (QED) is 0.767. The largest absolute Gasteiger partial charge is 0.475 e. The first kappa shape index (κ1) is 14.2. The second kappa shape index (κ2) is 5.85. The van der Waals surface area contributed by atoms with Crippen molar-refractivity contribution in [1.29, 1.82) is 0 Å². The van der Waals surface area contributed by atoms with Crippen LogP contribution in [0, 0.1) is 0 Å². The van der Waals surface area contributed by atoms with Gasteiger partial charge in [-0.15, -0.1) is 11.3 Å². The van der Waals surface area contributed by atoms with Gasteiger partial charge >= 0.3 is 5.97 Å². The number of hydrogen-bond donors (Lipinski definition) is 3. The molecule has 1 atom stereocenters. The highest BCUT2D eigenvalue weighted by atomic mass is 32.1. The van der Waals surface area contributed by atoms with Crippen LogP contribution in [0.3, 0.4) is 0 Å². The smallest absolute Gasteiger partial charge is 0.371 e. The van der Waals surface area contributed by atoms with Crippen LogP contribution in [-0.2, 0) is 6.54 Å². The lowest BCUT2D eigenvalue weighted by Crippen LogP contribution is -2.23. The van der Waals surface area contributed by atoms with E-state index < -0.39 is 5.97 Å². The SMILES string of the molecule is CC(N)c1nc(C(=O)NCc2ccc(C(=O)O)o2)cs1. The van der Waals surface area contributed by atoms with Gasteiger partial charge in [0.25, 0.3) is 5.91 Å². The maximum Gasteiger partial charge on any atom is 0.371 e. The van der Waals surface area contributed by atoms with Crippen molar-refractivity contribution in [3.63, 3.8) is 0 Å². The molecule has 7 nitrogen and oxygen atoms in total. The lowest BCUT2D eigenvalue weighted by atomic mass is 10.3. The molecule has 20 heavy (non-hydrogen) atoms. The monoisotopic (exact) mass is 295 g/mol. The number of carboxylic acids is 1. The first-order chi connectivity index (χ1) is 9.47. The molecule has 8 heteroatoms. The molecular weight excluding hydrogens is 282 g/mol. The molecule has 0 fully saturated rings. The number of carbonyl (C=O) groups is 2. The summed E-state index contributed by atoms with van der Waals surface area (Å²) >= 11 is 1.32. The van der Waals surface area contributed by atoms with E-state index in [2.05, 4.69) is 10.3 Å². The number of furan rings is 1. The lowest BCUT2D eigenvalue weighted by Gasteiger charge is -2.00. The number of nitrogens with zero attached hydrogens (tertiary/aromatic N) is 1. The predicted octanol–water partition coefficient (Wildman–Crippen LogP) is 1.38. The molecule has 2 rings (SSSR count). The minimum Gasteiger partial charge on any atom is -0.475 e. The van der Waals surface area contributed by atoms with Gasteiger partial charge in [0.2, 0.25) is 5.76 Å². The average molecular weight is 295 g/mol. The van der Waals surface area contributed by atoms with Crippen molar-refractivity contribution in [1.82, 2.24) is 10.3 Å². The molecule has 2 heterocycles. The Balaban J connectivity index is 1.95. The normalized spacial score (nSPS) is 12.1. The molecule has 0 aliphatic rings. The summed E-state index contributed by atoms with van der Waals surface area (Å²) in [4.78, 5) is 26.6. The molecule has 0 saturated carbocycles. The van der Waals surface area contributed by atoms with E-state index in [1.165, 1.54) is 23.5 Å². The second-order valence-electron chi connectivity index (χ2n) is 4.11. The maximum atomic E-state index is 11.8. The van der Waals surface area contributed by atoms with Crippen molar-refractivity contribution in [3.05, 3.63) is 39.7 Å². The zero-order chi connectivity index (χ0) is 14.7. The van der Waals surface area contributed by atoms with Crippen molar-refractivity contribution < 1.29 is 19.1 Å². The Labute approximate surface area is 118 Å². The summed E-state index contributed by atoms with van der Waals surface area (Å²) in [6.07, 6.45) is 0. The molecule has 2 aromatic heterocycles. The van der Waals surface area contributed by atoms with E-state index in [9.17, 15) is 9.59 Å². The Morgan fingerprint density at radius 1 is 1.55 bits per heavy atom. The Hall–Kier alpha value is -2.19. The van der Waals surface area contributed by atoms with Crippen molar-refractivity contribution >= 4 is 23.2 Å². The van der Waals surface area contributed by atoms with Gasteiger partial charge in [-0.2, -0.15) is 0 Å². The van der Waals surface area contributed by atoms with Gasteiger partial charge < -0.3 is 20.6 Å². The van der Waals surface area contributed by atoms with E-state index in [-0.39, 0.29) is 29.9 Å². The van der Waals surface area contributed by atoms with Gasteiger partial charge in [0.1, 0.15) is 16.5 Å². The zero-order valence-corrected chi connectivity index (χ0v) is 11.4. The third-order valence-electron chi connectivity index (χ3n) is 2.44. The molecule has 0 bridgehead atoms. The van der Waals surface area contributed by atoms with Crippen LogP contribution in [0.1, 0.15) is 44.8 Å². The van der Waals surface area contributed by atoms with Crippen molar-refractivity contribution in [3.8, 4) is 0 Å². The zero-order valence-electron chi connectivity index (χ0n) is 10.6. The molecule has 0 aromatic carbocycles. The van der Waals surface area contributed by atoms with Crippen LogP contribution in [0.25, 0.3) is 0 Å². The molecule has 0 aliphatic carbocycles. The first-order valence-electron chi connectivity index (χ1n) is 5.78. The maximum absolute atomic E-state index is 11.8. The minimum atomic E-state index is -1.15. The molecule has 0 spiro atoms. The molecular formula is C12H13N3O4S. The first-order valence-corrected chi connectivity index (χ1v) is 6.66. The Kier molecular flexibility index (Phi) is 4.16. The number of hydrogen-bond acceptors (Lipinski definition) is 6. The van der Waals surface area contributed by atoms with E-state index in [0.29, 0.717) is 10.8 Å². The van der Waals surface area contributed by atoms with Gasteiger partial charge in [-0.05, 0) is 19.1 Å². The molecule has 4 N–H and O–H groups in total. The van der Waals surface area contributed by atoms with Gasteiger partial charge in [-0.25, -0.2) is 9.78 Å². The van der Waals surface area contributed by atoms with Gasteiger partial charge in [-0.1, -0.05) is 0 Å². The van der Waals surface area contributed by atoms with E-state index in [1.807, 2.05) is 0 Å². The minimum absolute atomic E-state index is 0.0944. The number of amides is 1. The summed E-state index contributed by atoms with van der Waals surface area (Å²) in [5.41, 5.74) is 5.95. The van der Waals surface area contributed by atoms with Crippen LogP contribution in [0.2, 0.25) is 0 Å². The van der Waals surface area contributed by atoms with E-state index in [0.717, 1.165) is 0 Å². The highest BCUT2D eigenvalue weighted by Gasteiger charge is 2.14. The van der Waals surface area contributed by atoms with Crippen LogP contribution in [0.5, 0.6) is 0 Å². The predicted molar refractivity (Wildman–Crippen MR) is 71.6 cm³/mol. The molecule has 1 unspecified atom stereocenters. The summed E-state index contributed by atoms with van der Waals surface area (Å²) in [6, 6.07) is 2.61. The third kappa shape index (κ3) is 3.22. The third-order valence-corrected chi connectivity index (χ3v) is 3.49. The Bertz CT molecular complexity index is 632. The van der Waals surface area contributed by atoms with Crippen LogP contribution < -0.4 is 11.1 Å². The molecule has 2 aromatic rings. The standard InChI is InChI=1S/C12H13N3O4S/c1-6(13)11-15-8(5-20-11)10(16)14-4-7-2-3-9(19-7)12(17)18/h2-3,5-6H,4,13H2,1H3,(H,14,16)(H,17,18). The summed E-state index contributed by atoms with van der Waals surface area (Å²) in [7, 11) is 0. The van der Waals surface area contributed by atoms with Crippen LogP contribution >= 0.6 is 11.3 Å². The van der Waals surface area contributed by atoms with E-state index in [1.54, 1.807) is 12.3 Å². The van der Waals surface area contributed by atoms with Gasteiger partial charge in [0, 0.05) is 5.38 Å². The average Bonchev–Trinajstić information content (AvgIpc) is 3.05. The fourth-order valence-corrected chi connectivity index (χ4v) is 2.20. The van der Waals surface area contributed by atoms with Crippen molar-refractivity contribution in [2.45, 2.75) is 19.5 Å². The number of nitrogens with two attached hydrogens (primary N) is 1. The number of aromatic nitrogens is 1. The van der Waals surface area contributed by atoms with Gasteiger partial charge in [0.15, 0.2) is 0 Å². The number of nitrogens with one attached hydrogen (secondary N) is 1. The van der Waals surface area contributed by atoms with E-state index in [4.69, 9.17) is 15.3 Å². The number of rotatable bonds is 5. The molecule has 0 saturated heterocycles. The molecule has 1 amide bonds. The Morgan fingerprint density at radius 2 is 2.30 bits per heavy atom. The van der Waals surface area contributed by atoms with Crippen molar-refractivity contribution in [2.75, 3.05) is 0 Å². The fourth-order valence-electron chi connectivity index (χ4n) is 1.45. The van der Waals surface area contributed by atoms with E-state index >= 15 is 0 Å². The summed E-state index contributed by atoms with van der Waals surface area (Å²) in [6.45, 7) is 1.88. The summed E-state index contributed by atoms with van der Waals surface area (Å²) in [5, 5.41) is 13.6. The fraction of sp³-hybridized carbons (Fsp3) is 0.250. The number of thiazole rings is 1. The molecule has 0 radical (unpaired) electrons. The lowest BCUT2D eigenvalue weighted by molar-refractivity contribution is 0.0660. The van der Waals surface area contributed by atoms with Crippen LogP contribution in [0.4, 0.5) is 0 Å². The summed E-state index contributed by atoms with van der Waals surface area (Å²) < 4.78 is 5.02. The summed E-state index contributed by atoms with van der Waals surface area (Å²) in [5.74, 6) is -1.31. The second-order valence-corrected chi connectivity index (χ2v) is 5.00. The van der Waals surface area contributed by atoms with Gasteiger partial charge in [0.05, 0.1) is 12.6 Å². The van der Waals surface area contributed by atoms with Crippen LogP contribution in [-0.4, -0.2) is 22.0 Å². The highest BCUT2D eigenvalue weighted by Crippen LogP contribution is 2.16.